The zero-order valence-corrected chi connectivity index (χ0v) is 19.1. The number of hydrogen-bond donors (Lipinski definition) is 1. The third kappa shape index (κ3) is 4.10. The minimum absolute atomic E-state index is 0.245. The van der Waals surface area contributed by atoms with Crippen molar-refractivity contribution in [3.05, 3.63) is 53.3 Å². The van der Waals surface area contributed by atoms with Crippen LogP contribution in [-0.2, 0) is 0 Å². The summed E-state index contributed by atoms with van der Waals surface area (Å²) in [6, 6.07) is 12.4. The highest BCUT2D eigenvalue weighted by atomic mass is 19.1. The van der Waals surface area contributed by atoms with Crippen molar-refractivity contribution in [2.75, 3.05) is 5.32 Å². The van der Waals surface area contributed by atoms with Crippen molar-refractivity contribution < 1.29 is 4.39 Å². The standard InChI is InChI=1S/C26H34FN3/c1-16(2)19-7-9-20(10-8-19)28-25-29-24-22(27)12-17(3)13-23(24)30(25)21-11-18(4)14-26(5,6)15-21/h7-10,12-13,16,18,21H,11,14-15H2,1-6H3,(H,28,29)/t18-,21+/m1/s1. The Morgan fingerprint density at radius 2 is 1.83 bits per heavy atom. The van der Waals surface area contributed by atoms with E-state index in [0.717, 1.165) is 35.6 Å². The number of rotatable bonds is 4. The molecular formula is C26H34FN3. The number of imidazole rings is 1. The number of benzene rings is 2. The van der Waals surface area contributed by atoms with E-state index in [1.807, 2.05) is 6.92 Å². The Kier molecular flexibility index (Phi) is 5.37. The summed E-state index contributed by atoms with van der Waals surface area (Å²) < 4.78 is 17.1. The molecule has 1 saturated carbocycles. The van der Waals surface area contributed by atoms with Crippen molar-refractivity contribution in [2.45, 2.75) is 72.8 Å². The molecule has 30 heavy (non-hydrogen) atoms. The number of nitrogens with one attached hydrogen (secondary N) is 1. The number of aromatic nitrogens is 2. The third-order valence-corrected chi connectivity index (χ3v) is 6.46. The van der Waals surface area contributed by atoms with Crippen molar-refractivity contribution in [1.29, 1.82) is 0 Å². The highest BCUT2D eigenvalue weighted by molar-refractivity contribution is 5.81. The maximum absolute atomic E-state index is 14.8. The van der Waals surface area contributed by atoms with Gasteiger partial charge in [0.05, 0.1) is 5.52 Å². The van der Waals surface area contributed by atoms with Gasteiger partial charge in [0.2, 0.25) is 5.95 Å². The summed E-state index contributed by atoms with van der Waals surface area (Å²) in [4.78, 5) is 4.73. The molecule has 1 heterocycles. The molecular weight excluding hydrogens is 373 g/mol. The van der Waals surface area contributed by atoms with Crippen LogP contribution in [0.4, 0.5) is 16.0 Å². The second-order valence-corrected chi connectivity index (χ2v) is 10.4. The first kappa shape index (κ1) is 20.9. The second kappa shape index (κ2) is 7.72. The topological polar surface area (TPSA) is 29.9 Å². The van der Waals surface area contributed by atoms with Crippen molar-refractivity contribution in [3.63, 3.8) is 0 Å². The minimum Gasteiger partial charge on any atom is -0.326 e. The van der Waals surface area contributed by atoms with E-state index in [0.29, 0.717) is 23.4 Å². The molecule has 2 atom stereocenters. The maximum Gasteiger partial charge on any atom is 0.208 e. The van der Waals surface area contributed by atoms with Crippen LogP contribution in [0, 0.1) is 24.1 Å². The largest absolute Gasteiger partial charge is 0.326 e. The first-order valence-corrected chi connectivity index (χ1v) is 11.2. The van der Waals surface area contributed by atoms with Gasteiger partial charge in [0, 0.05) is 11.7 Å². The Labute approximate surface area is 179 Å². The van der Waals surface area contributed by atoms with Crippen LogP contribution >= 0.6 is 0 Å². The molecule has 3 aromatic rings. The molecule has 0 unspecified atom stereocenters. The van der Waals surface area contributed by atoms with Gasteiger partial charge in [0.25, 0.3) is 0 Å². The average molecular weight is 408 g/mol. The van der Waals surface area contributed by atoms with E-state index in [1.165, 1.54) is 12.0 Å². The molecule has 0 radical (unpaired) electrons. The van der Waals surface area contributed by atoms with Gasteiger partial charge in [-0.15, -0.1) is 0 Å². The quantitative estimate of drug-likeness (QED) is 0.479. The van der Waals surface area contributed by atoms with E-state index >= 15 is 0 Å². The Bertz CT molecular complexity index is 1050. The van der Waals surface area contributed by atoms with Gasteiger partial charge in [0.1, 0.15) is 5.52 Å². The van der Waals surface area contributed by atoms with Gasteiger partial charge in [-0.2, -0.15) is 0 Å². The Morgan fingerprint density at radius 1 is 1.13 bits per heavy atom. The molecule has 2 aromatic carbocycles. The number of anilines is 2. The van der Waals surface area contributed by atoms with Crippen LogP contribution < -0.4 is 5.32 Å². The van der Waals surface area contributed by atoms with Crippen LogP contribution in [0.5, 0.6) is 0 Å². The van der Waals surface area contributed by atoms with Crippen LogP contribution in [0.25, 0.3) is 11.0 Å². The van der Waals surface area contributed by atoms with Crippen molar-refractivity contribution in [3.8, 4) is 0 Å². The molecule has 4 rings (SSSR count). The molecule has 1 aliphatic rings. The van der Waals surface area contributed by atoms with E-state index < -0.39 is 0 Å². The smallest absolute Gasteiger partial charge is 0.208 e. The first-order chi connectivity index (χ1) is 14.1. The van der Waals surface area contributed by atoms with Gasteiger partial charge >= 0.3 is 0 Å². The van der Waals surface area contributed by atoms with Gasteiger partial charge in [-0.3, -0.25) is 0 Å². The predicted molar refractivity (Wildman–Crippen MR) is 124 cm³/mol. The van der Waals surface area contributed by atoms with E-state index in [-0.39, 0.29) is 11.2 Å². The number of halogens is 1. The fourth-order valence-electron chi connectivity index (χ4n) is 5.32. The zero-order valence-electron chi connectivity index (χ0n) is 19.1. The minimum atomic E-state index is -0.245. The highest BCUT2D eigenvalue weighted by Crippen LogP contribution is 2.46. The molecule has 4 heteroatoms. The molecule has 0 aliphatic heterocycles. The lowest BCUT2D eigenvalue weighted by Crippen LogP contribution is -2.29. The van der Waals surface area contributed by atoms with E-state index in [2.05, 4.69) is 74.8 Å². The number of aryl methyl sites for hydroxylation is 1. The van der Waals surface area contributed by atoms with Crippen molar-refractivity contribution in [2.24, 2.45) is 11.3 Å². The van der Waals surface area contributed by atoms with E-state index in [9.17, 15) is 4.39 Å². The lowest BCUT2D eigenvalue weighted by Gasteiger charge is -2.40. The van der Waals surface area contributed by atoms with Gasteiger partial charge in [-0.05, 0) is 78.8 Å². The van der Waals surface area contributed by atoms with Crippen LogP contribution in [0.2, 0.25) is 0 Å². The lowest BCUT2D eigenvalue weighted by atomic mass is 9.70. The van der Waals surface area contributed by atoms with Crippen LogP contribution in [0.3, 0.4) is 0 Å². The monoisotopic (exact) mass is 407 g/mol. The molecule has 0 saturated heterocycles. The highest BCUT2D eigenvalue weighted by Gasteiger charge is 2.35. The Morgan fingerprint density at radius 3 is 2.47 bits per heavy atom. The first-order valence-electron chi connectivity index (χ1n) is 11.2. The summed E-state index contributed by atoms with van der Waals surface area (Å²) in [7, 11) is 0. The van der Waals surface area contributed by atoms with Gasteiger partial charge in [-0.25, -0.2) is 9.37 Å². The number of nitrogens with zero attached hydrogens (tertiary/aromatic N) is 2. The summed E-state index contributed by atoms with van der Waals surface area (Å²) in [6.45, 7) is 13.4. The van der Waals surface area contributed by atoms with E-state index in [4.69, 9.17) is 4.98 Å². The second-order valence-electron chi connectivity index (χ2n) is 10.4. The third-order valence-electron chi connectivity index (χ3n) is 6.46. The van der Waals surface area contributed by atoms with Crippen LogP contribution in [-0.4, -0.2) is 9.55 Å². The molecule has 1 aliphatic carbocycles. The SMILES string of the molecule is Cc1cc(F)c2nc(Nc3ccc(C(C)C)cc3)n([C@H]3C[C@@H](C)CC(C)(C)C3)c2c1. The summed E-state index contributed by atoms with van der Waals surface area (Å²) in [5.41, 5.74) is 4.82. The summed E-state index contributed by atoms with van der Waals surface area (Å²) in [6.07, 6.45) is 3.38. The Hall–Kier alpha value is -2.36. The Balaban J connectivity index is 1.80. The summed E-state index contributed by atoms with van der Waals surface area (Å²) >= 11 is 0. The van der Waals surface area contributed by atoms with E-state index in [1.54, 1.807) is 6.07 Å². The van der Waals surface area contributed by atoms with Crippen molar-refractivity contribution in [1.82, 2.24) is 9.55 Å². The number of hydrogen-bond acceptors (Lipinski definition) is 2. The molecule has 1 aromatic heterocycles. The van der Waals surface area contributed by atoms with Crippen LogP contribution in [0.1, 0.15) is 77.0 Å². The molecule has 1 N–H and O–H groups in total. The predicted octanol–water partition coefficient (Wildman–Crippen LogP) is 7.74. The molecule has 0 spiro atoms. The average Bonchev–Trinajstić information content (AvgIpc) is 2.98. The molecule has 3 nitrogen and oxygen atoms in total. The number of fused-ring (bicyclic) bond motifs is 1. The maximum atomic E-state index is 14.8. The normalized spacial score (nSPS) is 21.3. The summed E-state index contributed by atoms with van der Waals surface area (Å²) in [5, 5.41) is 3.50. The fraction of sp³-hybridized carbons (Fsp3) is 0.500. The van der Waals surface area contributed by atoms with Gasteiger partial charge in [0.15, 0.2) is 5.82 Å². The summed E-state index contributed by atoms with van der Waals surface area (Å²) in [5.74, 6) is 1.61. The molecule has 1 fully saturated rings. The van der Waals surface area contributed by atoms with Gasteiger partial charge < -0.3 is 9.88 Å². The molecule has 0 bridgehead atoms. The zero-order chi connectivity index (χ0) is 21.6. The van der Waals surface area contributed by atoms with Gasteiger partial charge in [-0.1, -0.05) is 46.8 Å². The van der Waals surface area contributed by atoms with Crippen molar-refractivity contribution >= 4 is 22.7 Å². The molecule has 160 valence electrons. The molecule has 0 amide bonds. The van der Waals surface area contributed by atoms with Crippen LogP contribution in [0.15, 0.2) is 36.4 Å². The lowest BCUT2D eigenvalue weighted by molar-refractivity contribution is 0.140. The fourth-order valence-corrected chi connectivity index (χ4v) is 5.32.